The fourth-order valence-electron chi connectivity index (χ4n) is 3.82. The van der Waals surface area contributed by atoms with E-state index in [1.807, 2.05) is 0 Å². The number of nitrogens with zero attached hydrogens (tertiary/aromatic N) is 1. The molecule has 1 atom stereocenters. The molecule has 0 radical (unpaired) electrons. The Balaban J connectivity index is 1.63. The van der Waals surface area contributed by atoms with Crippen LogP contribution in [0.2, 0.25) is 0 Å². The van der Waals surface area contributed by atoms with Crippen molar-refractivity contribution < 1.29 is 5.11 Å². The van der Waals surface area contributed by atoms with Crippen LogP contribution in [0.1, 0.15) is 58.8 Å². The molecule has 3 nitrogen and oxygen atoms in total. The molecule has 0 spiro atoms. The van der Waals surface area contributed by atoms with Crippen molar-refractivity contribution in [2.24, 2.45) is 11.3 Å². The highest BCUT2D eigenvalue weighted by Crippen LogP contribution is 2.42. The van der Waals surface area contributed by atoms with E-state index in [4.69, 9.17) is 0 Å². The summed E-state index contributed by atoms with van der Waals surface area (Å²) in [6, 6.07) is 0.686. The van der Waals surface area contributed by atoms with Crippen LogP contribution < -0.4 is 5.32 Å². The number of hydrogen-bond acceptors (Lipinski definition) is 3. The van der Waals surface area contributed by atoms with Crippen molar-refractivity contribution in [1.29, 1.82) is 0 Å². The molecule has 3 heteroatoms. The highest BCUT2D eigenvalue weighted by molar-refractivity contribution is 5.06. The second-order valence-corrected chi connectivity index (χ2v) is 8.30. The monoisotopic (exact) mass is 280 g/mol. The van der Waals surface area contributed by atoms with Crippen LogP contribution in [0.4, 0.5) is 0 Å². The van der Waals surface area contributed by atoms with Gasteiger partial charge in [-0.15, -0.1) is 0 Å². The lowest BCUT2D eigenvalue weighted by Gasteiger charge is -2.38. The lowest BCUT2D eigenvalue weighted by atomic mass is 9.85. The Labute approximate surface area is 124 Å². The quantitative estimate of drug-likeness (QED) is 0.784. The van der Waals surface area contributed by atoms with E-state index in [9.17, 15) is 5.11 Å². The Morgan fingerprint density at radius 2 is 1.90 bits per heavy atom. The van der Waals surface area contributed by atoms with E-state index in [0.29, 0.717) is 24.0 Å². The first-order chi connectivity index (χ1) is 9.53. The van der Waals surface area contributed by atoms with Crippen molar-refractivity contribution in [1.82, 2.24) is 10.2 Å². The third kappa shape index (κ3) is 3.55. The summed E-state index contributed by atoms with van der Waals surface area (Å²) in [6.07, 6.45) is 9.17. The molecule has 0 bridgehead atoms. The van der Waals surface area contributed by atoms with Gasteiger partial charge in [0.1, 0.15) is 0 Å². The molecule has 0 aromatic carbocycles. The highest BCUT2D eigenvalue weighted by atomic mass is 16.3. The number of nitrogens with one attached hydrogen (secondary N) is 1. The molecule has 0 aromatic rings. The van der Waals surface area contributed by atoms with Gasteiger partial charge in [-0.25, -0.2) is 0 Å². The van der Waals surface area contributed by atoms with Gasteiger partial charge in [0.25, 0.3) is 0 Å². The Morgan fingerprint density at radius 1 is 1.15 bits per heavy atom. The van der Waals surface area contributed by atoms with Crippen LogP contribution in [-0.2, 0) is 0 Å². The number of likely N-dealkylation sites (tertiary alicyclic amines) is 1. The second kappa shape index (κ2) is 5.58. The van der Waals surface area contributed by atoms with E-state index in [0.717, 1.165) is 6.54 Å². The summed E-state index contributed by atoms with van der Waals surface area (Å²) >= 11 is 0. The van der Waals surface area contributed by atoms with E-state index in [-0.39, 0.29) is 5.54 Å². The van der Waals surface area contributed by atoms with Crippen LogP contribution in [0.25, 0.3) is 0 Å². The molecule has 1 aliphatic heterocycles. The van der Waals surface area contributed by atoms with E-state index >= 15 is 0 Å². The van der Waals surface area contributed by atoms with Gasteiger partial charge >= 0.3 is 0 Å². The molecule has 1 saturated heterocycles. The van der Waals surface area contributed by atoms with E-state index in [1.54, 1.807) is 0 Å². The zero-order valence-corrected chi connectivity index (χ0v) is 13.3. The molecule has 2 aliphatic carbocycles. The SMILES string of the molecule is CC1(C)CCCN(CC(CO)(NC2CC2)C2CC2)CC1. The van der Waals surface area contributed by atoms with Crippen molar-refractivity contribution >= 4 is 0 Å². The molecule has 3 fully saturated rings. The standard InChI is InChI=1S/C17H32N2O/c1-16(2)8-3-10-19(11-9-16)12-17(13-20,14-4-5-14)18-15-6-7-15/h14-15,18,20H,3-13H2,1-2H3. The van der Waals surface area contributed by atoms with Crippen molar-refractivity contribution in [3.05, 3.63) is 0 Å². The van der Waals surface area contributed by atoms with Crippen molar-refractivity contribution in [3.63, 3.8) is 0 Å². The maximum atomic E-state index is 10.1. The van der Waals surface area contributed by atoms with Crippen LogP contribution in [0.5, 0.6) is 0 Å². The lowest BCUT2D eigenvalue weighted by molar-refractivity contribution is 0.0887. The Bertz CT molecular complexity index is 336. The highest BCUT2D eigenvalue weighted by Gasteiger charge is 2.48. The molecule has 0 amide bonds. The first-order valence-electron chi connectivity index (χ1n) is 8.64. The van der Waals surface area contributed by atoms with Crippen LogP contribution in [0.15, 0.2) is 0 Å². The van der Waals surface area contributed by atoms with Crippen LogP contribution in [0, 0.1) is 11.3 Å². The topological polar surface area (TPSA) is 35.5 Å². The summed E-state index contributed by atoms with van der Waals surface area (Å²) in [7, 11) is 0. The lowest BCUT2D eigenvalue weighted by Crippen LogP contribution is -2.59. The zero-order valence-electron chi connectivity index (χ0n) is 13.3. The Morgan fingerprint density at radius 3 is 2.50 bits per heavy atom. The third-order valence-electron chi connectivity index (χ3n) is 5.65. The normalized spacial score (nSPS) is 30.8. The van der Waals surface area contributed by atoms with E-state index in [2.05, 4.69) is 24.1 Å². The molecule has 1 unspecified atom stereocenters. The molecule has 0 aromatic heterocycles. The molecular weight excluding hydrogens is 248 g/mol. The van der Waals surface area contributed by atoms with Crippen molar-refractivity contribution in [2.45, 2.75) is 70.4 Å². The molecule has 2 saturated carbocycles. The molecule has 1 heterocycles. The third-order valence-corrected chi connectivity index (χ3v) is 5.65. The minimum atomic E-state index is -0.00432. The summed E-state index contributed by atoms with van der Waals surface area (Å²) < 4.78 is 0. The molecular formula is C17H32N2O. The Kier molecular flexibility index (Phi) is 4.13. The second-order valence-electron chi connectivity index (χ2n) is 8.30. The number of aliphatic hydroxyl groups is 1. The smallest absolute Gasteiger partial charge is 0.0628 e. The van der Waals surface area contributed by atoms with Gasteiger partial charge in [-0.2, -0.15) is 0 Å². The fourth-order valence-corrected chi connectivity index (χ4v) is 3.82. The van der Waals surface area contributed by atoms with E-state index in [1.165, 1.54) is 58.0 Å². The average Bonchev–Trinajstić information content (AvgIpc) is 3.26. The molecule has 20 heavy (non-hydrogen) atoms. The minimum Gasteiger partial charge on any atom is -0.394 e. The number of hydrogen-bond donors (Lipinski definition) is 2. The number of aliphatic hydroxyl groups excluding tert-OH is 1. The first-order valence-corrected chi connectivity index (χ1v) is 8.64. The average molecular weight is 280 g/mol. The van der Waals surface area contributed by atoms with Gasteiger partial charge < -0.3 is 15.3 Å². The van der Waals surface area contributed by atoms with Gasteiger partial charge in [0.2, 0.25) is 0 Å². The Hall–Kier alpha value is -0.120. The molecule has 3 rings (SSSR count). The van der Waals surface area contributed by atoms with Gasteiger partial charge in [0, 0.05) is 12.6 Å². The van der Waals surface area contributed by atoms with Crippen LogP contribution in [0.3, 0.4) is 0 Å². The summed E-state index contributed by atoms with van der Waals surface area (Å²) in [5, 5.41) is 13.9. The maximum absolute atomic E-state index is 10.1. The predicted molar refractivity (Wildman–Crippen MR) is 82.8 cm³/mol. The van der Waals surface area contributed by atoms with Crippen molar-refractivity contribution in [3.8, 4) is 0 Å². The first kappa shape index (κ1) is 14.8. The van der Waals surface area contributed by atoms with Gasteiger partial charge in [-0.3, -0.25) is 0 Å². The van der Waals surface area contributed by atoms with Gasteiger partial charge in [-0.05, 0) is 69.4 Å². The van der Waals surface area contributed by atoms with E-state index < -0.39 is 0 Å². The summed E-state index contributed by atoms with van der Waals surface area (Å²) in [5.41, 5.74) is 0.496. The number of rotatable bonds is 6. The zero-order chi connectivity index (χ0) is 14.2. The van der Waals surface area contributed by atoms with Crippen molar-refractivity contribution in [2.75, 3.05) is 26.2 Å². The van der Waals surface area contributed by atoms with Gasteiger partial charge in [-0.1, -0.05) is 13.8 Å². The fraction of sp³-hybridized carbons (Fsp3) is 1.00. The molecule has 3 aliphatic rings. The minimum absolute atomic E-state index is 0.00432. The van der Waals surface area contributed by atoms with Gasteiger partial charge in [0.05, 0.1) is 12.1 Å². The van der Waals surface area contributed by atoms with Crippen LogP contribution in [-0.4, -0.2) is 47.8 Å². The molecule has 2 N–H and O–H groups in total. The largest absolute Gasteiger partial charge is 0.394 e. The maximum Gasteiger partial charge on any atom is 0.0628 e. The summed E-state index contributed by atoms with van der Waals surface area (Å²) in [4.78, 5) is 2.62. The van der Waals surface area contributed by atoms with Gasteiger partial charge in [0.15, 0.2) is 0 Å². The molecule has 116 valence electrons. The predicted octanol–water partition coefficient (Wildman–Crippen LogP) is 2.39. The summed E-state index contributed by atoms with van der Waals surface area (Å²) in [5.74, 6) is 0.712. The summed E-state index contributed by atoms with van der Waals surface area (Å²) in [6.45, 7) is 8.59. The van der Waals surface area contributed by atoms with Crippen LogP contribution >= 0.6 is 0 Å².